The number of nitrogens with zero attached hydrogens (tertiary/aromatic N) is 1. The van der Waals surface area contributed by atoms with Crippen LogP contribution in [0.1, 0.15) is 22.3 Å². The fourth-order valence-electron chi connectivity index (χ4n) is 2.44. The number of carbonyl (C=O) groups excluding carboxylic acids is 1. The molecule has 7 heteroatoms. The first-order valence-corrected chi connectivity index (χ1v) is 7.14. The summed E-state index contributed by atoms with van der Waals surface area (Å²) >= 11 is 0. The van der Waals surface area contributed by atoms with E-state index in [-0.39, 0.29) is 29.4 Å². The van der Waals surface area contributed by atoms with Gasteiger partial charge in [-0.05, 0) is 36.2 Å². The highest BCUT2D eigenvalue weighted by Crippen LogP contribution is 2.24. The van der Waals surface area contributed by atoms with Gasteiger partial charge in [0.05, 0.1) is 5.39 Å². The van der Waals surface area contributed by atoms with E-state index in [4.69, 9.17) is 0 Å². The number of aromatic hydroxyl groups is 1. The molecule has 1 aromatic carbocycles. The van der Waals surface area contributed by atoms with Crippen LogP contribution in [0, 0.1) is 11.6 Å². The smallest absolute Gasteiger partial charge is 0.264 e. The maximum atomic E-state index is 13.2. The van der Waals surface area contributed by atoms with Crippen LogP contribution in [-0.4, -0.2) is 20.9 Å². The Morgan fingerprint density at radius 1 is 1.21 bits per heavy atom. The predicted molar refractivity (Wildman–Crippen MR) is 83.0 cm³/mol. The molecule has 0 unspecified atom stereocenters. The molecule has 0 saturated heterocycles. The van der Waals surface area contributed by atoms with Crippen molar-refractivity contribution >= 4 is 16.8 Å². The molecule has 3 rings (SSSR count). The minimum absolute atomic E-state index is 0.111. The molecule has 0 saturated carbocycles. The molecule has 0 atom stereocenters. The molecule has 0 spiro atoms. The van der Waals surface area contributed by atoms with Gasteiger partial charge >= 0.3 is 0 Å². The lowest BCUT2D eigenvalue weighted by Crippen LogP contribution is -2.19. The Bertz CT molecular complexity index is 999. The van der Waals surface area contributed by atoms with Crippen LogP contribution in [0.15, 0.2) is 41.3 Å². The summed E-state index contributed by atoms with van der Waals surface area (Å²) in [6.45, 7) is 0. The fourth-order valence-corrected chi connectivity index (χ4v) is 2.44. The lowest BCUT2D eigenvalue weighted by Gasteiger charge is -2.06. The van der Waals surface area contributed by atoms with E-state index in [1.807, 2.05) is 0 Å². The molecule has 2 N–H and O–H groups in total. The maximum absolute atomic E-state index is 13.2. The second-order valence-corrected chi connectivity index (χ2v) is 5.25. The Balaban J connectivity index is 1.88. The molecular formula is C17H12F2N2O3. The number of ketones is 1. The third kappa shape index (κ3) is 2.88. The third-order valence-corrected chi connectivity index (χ3v) is 3.66. The number of pyridine rings is 2. The number of nitrogens with one attached hydrogen (secondary N) is 1. The summed E-state index contributed by atoms with van der Waals surface area (Å²) in [5, 5.41) is 10.4. The summed E-state index contributed by atoms with van der Waals surface area (Å²) in [6.07, 6.45) is 1.43. The highest BCUT2D eigenvalue weighted by atomic mass is 19.2. The molecule has 0 radical (unpaired) electrons. The van der Waals surface area contributed by atoms with Crippen LogP contribution in [0.5, 0.6) is 5.75 Å². The minimum Gasteiger partial charge on any atom is -0.506 e. The largest absolute Gasteiger partial charge is 0.506 e. The van der Waals surface area contributed by atoms with E-state index >= 15 is 0 Å². The van der Waals surface area contributed by atoms with E-state index in [1.165, 1.54) is 18.3 Å². The minimum atomic E-state index is -1.00. The monoisotopic (exact) mass is 330 g/mol. The first-order valence-electron chi connectivity index (χ1n) is 7.14. The zero-order chi connectivity index (χ0) is 17.3. The molecule has 0 aliphatic carbocycles. The van der Waals surface area contributed by atoms with Crippen LogP contribution in [-0.2, 0) is 6.42 Å². The van der Waals surface area contributed by atoms with Crippen molar-refractivity contribution in [3.8, 4) is 5.75 Å². The van der Waals surface area contributed by atoms with Gasteiger partial charge in [0, 0.05) is 12.6 Å². The first kappa shape index (κ1) is 15.8. The average Bonchev–Trinajstić information content (AvgIpc) is 2.56. The second-order valence-electron chi connectivity index (χ2n) is 5.25. The average molecular weight is 330 g/mol. The van der Waals surface area contributed by atoms with Gasteiger partial charge in [-0.1, -0.05) is 6.07 Å². The first-order chi connectivity index (χ1) is 11.5. The summed E-state index contributed by atoms with van der Waals surface area (Å²) in [4.78, 5) is 30.7. The molecule has 24 heavy (non-hydrogen) atoms. The van der Waals surface area contributed by atoms with Crippen LogP contribution in [0.25, 0.3) is 11.0 Å². The van der Waals surface area contributed by atoms with E-state index in [9.17, 15) is 23.5 Å². The Morgan fingerprint density at radius 3 is 2.75 bits per heavy atom. The van der Waals surface area contributed by atoms with Crippen LogP contribution >= 0.6 is 0 Å². The van der Waals surface area contributed by atoms with Gasteiger partial charge < -0.3 is 10.1 Å². The molecule has 2 aromatic heterocycles. The Morgan fingerprint density at radius 2 is 2.00 bits per heavy atom. The second kappa shape index (κ2) is 6.19. The molecule has 2 heterocycles. The number of carbonyl (C=O) groups is 1. The van der Waals surface area contributed by atoms with Gasteiger partial charge in [0.1, 0.15) is 17.0 Å². The van der Waals surface area contributed by atoms with E-state index in [1.54, 1.807) is 6.07 Å². The van der Waals surface area contributed by atoms with E-state index < -0.39 is 28.7 Å². The molecule has 0 bridgehead atoms. The molecule has 0 amide bonds. The van der Waals surface area contributed by atoms with Gasteiger partial charge in [-0.15, -0.1) is 0 Å². The number of aryl methyl sites for hydroxylation is 1. The van der Waals surface area contributed by atoms with Gasteiger partial charge in [-0.25, -0.2) is 13.8 Å². The summed E-state index contributed by atoms with van der Waals surface area (Å²) in [7, 11) is 0. The summed E-state index contributed by atoms with van der Waals surface area (Å²) in [6, 6.07) is 6.42. The number of aromatic amines is 1. The zero-order valence-electron chi connectivity index (χ0n) is 12.3. The van der Waals surface area contributed by atoms with Crippen LogP contribution in [0.3, 0.4) is 0 Å². The van der Waals surface area contributed by atoms with Crippen LogP contribution < -0.4 is 5.56 Å². The summed E-state index contributed by atoms with van der Waals surface area (Å²) in [5.74, 6) is -3.00. The normalized spacial score (nSPS) is 10.9. The summed E-state index contributed by atoms with van der Waals surface area (Å²) < 4.78 is 26.1. The lowest BCUT2D eigenvalue weighted by molar-refractivity contribution is 0.0979. The Labute approximate surface area is 134 Å². The number of Topliss-reactive ketones (excluding diaryl/α,β-unsaturated/α-hetero) is 1. The van der Waals surface area contributed by atoms with Crippen molar-refractivity contribution in [3.63, 3.8) is 0 Å². The van der Waals surface area contributed by atoms with Gasteiger partial charge in [-0.2, -0.15) is 0 Å². The van der Waals surface area contributed by atoms with E-state index in [0.717, 1.165) is 12.1 Å². The molecule has 5 nitrogen and oxygen atoms in total. The molecular weight excluding hydrogens is 318 g/mol. The number of halogens is 2. The lowest BCUT2D eigenvalue weighted by atomic mass is 10.0. The SMILES string of the molecule is O=C(CCc1ccc(F)c(F)c1)c1c(O)c2cccnc2[nH]c1=O. The standard InChI is InChI=1S/C17H12F2N2O3/c18-11-5-3-9(8-12(11)19)4-6-13(22)14-15(23)10-2-1-7-20-16(10)21-17(14)24/h1-3,5,7-8H,4,6H2,(H2,20,21,23,24). The molecule has 3 aromatic rings. The summed E-state index contributed by atoms with van der Waals surface area (Å²) in [5.41, 5.74) is -0.509. The van der Waals surface area contributed by atoms with Crippen molar-refractivity contribution in [2.24, 2.45) is 0 Å². The zero-order valence-corrected chi connectivity index (χ0v) is 12.3. The van der Waals surface area contributed by atoms with Gasteiger partial charge in [0.2, 0.25) is 0 Å². The number of fused-ring (bicyclic) bond motifs is 1. The van der Waals surface area contributed by atoms with E-state index in [2.05, 4.69) is 9.97 Å². The van der Waals surface area contributed by atoms with E-state index in [0.29, 0.717) is 5.56 Å². The number of hydrogen-bond acceptors (Lipinski definition) is 4. The van der Waals surface area contributed by atoms with Crippen molar-refractivity contribution < 1.29 is 18.7 Å². The number of aromatic nitrogens is 2. The molecule has 0 aliphatic heterocycles. The maximum Gasteiger partial charge on any atom is 0.264 e. The van der Waals surface area contributed by atoms with Gasteiger partial charge in [0.25, 0.3) is 5.56 Å². The topological polar surface area (TPSA) is 83.0 Å². The number of H-pyrrole nitrogens is 1. The number of hydrogen-bond donors (Lipinski definition) is 2. The van der Waals surface area contributed by atoms with Crippen LogP contribution in [0.4, 0.5) is 8.78 Å². The molecule has 0 fully saturated rings. The quantitative estimate of drug-likeness (QED) is 0.721. The van der Waals surface area contributed by atoms with Crippen molar-refractivity contribution in [3.05, 3.63) is 69.6 Å². The highest BCUT2D eigenvalue weighted by Gasteiger charge is 2.19. The van der Waals surface area contributed by atoms with Crippen molar-refractivity contribution in [2.45, 2.75) is 12.8 Å². The fraction of sp³-hybridized carbons (Fsp3) is 0.118. The molecule has 0 aliphatic rings. The van der Waals surface area contributed by atoms with Gasteiger partial charge in [-0.3, -0.25) is 9.59 Å². The Kier molecular flexibility index (Phi) is 4.07. The third-order valence-electron chi connectivity index (χ3n) is 3.66. The Hall–Kier alpha value is -3.09. The van der Waals surface area contributed by atoms with Crippen molar-refractivity contribution in [2.75, 3.05) is 0 Å². The van der Waals surface area contributed by atoms with Crippen molar-refractivity contribution in [1.29, 1.82) is 0 Å². The number of rotatable bonds is 4. The predicted octanol–water partition coefficient (Wildman–Crippen LogP) is 2.72. The van der Waals surface area contributed by atoms with Gasteiger partial charge in [0.15, 0.2) is 17.4 Å². The highest BCUT2D eigenvalue weighted by molar-refractivity contribution is 6.02. The van der Waals surface area contributed by atoms with Crippen molar-refractivity contribution in [1.82, 2.24) is 9.97 Å². The molecule has 122 valence electrons. The number of benzene rings is 1. The van der Waals surface area contributed by atoms with Crippen LogP contribution in [0.2, 0.25) is 0 Å².